The second-order valence-corrected chi connectivity index (χ2v) is 5.20. The van der Waals surface area contributed by atoms with Crippen molar-refractivity contribution in [1.29, 1.82) is 0 Å². The highest BCUT2D eigenvalue weighted by Gasteiger charge is 2.16. The van der Waals surface area contributed by atoms with E-state index in [0.717, 1.165) is 5.75 Å². The van der Waals surface area contributed by atoms with Crippen molar-refractivity contribution in [3.63, 3.8) is 0 Å². The maximum Gasteiger partial charge on any atom is 0.287 e. The first kappa shape index (κ1) is 16.1. The van der Waals surface area contributed by atoms with Crippen LogP contribution in [-0.4, -0.2) is 24.2 Å². The van der Waals surface area contributed by atoms with Crippen LogP contribution in [0.4, 0.5) is 0 Å². The molecule has 5 heteroatoms. The summed E-state index contributed by atoms with van der Waals surface area (Å²) in [6, 6.07) is 11.1. The number of carbonyl (C=O) groups excluding carboxylic acids is 1. The molecule has 5 nitrogen and oxygen atoms in total. The monoisotopic (exact) mass is 303 g/mol. The van der Waals surface area contributed by atoms with Crippen molar-refractivity contribution < 1.29 is 19.1 Å². The van der Waals surface area contributed by atoms with Crippen molar-refractivity contribution in [2.45, 2.75) is 20.0 Å². The normalized spacial score (nSPS) is 11.9. The quantitative estimate of drug-likeness (QED) is 0.786. The zero-order valence-corrected chi connectivity index (χ0v) is 12.6. The van der Waals surface area contributed by atoms with Gasteiger partial charge >= 0.3 is 0 Å². The first-order chi connectivity index (χ1) is 10.7. The van der Waals surface area contributed by atoms with E-state index in [4.69, 9.17) is 14.3 Å². The number of ether oxygens (including phenoxy) is 1. The second kappa shape index (κ2) is 8.24. The van der Waals surface area contributed by atoms with Crippen LogP contribution in [0.15, 0.2) is 47.1 Å². The van der Waals surface area contributed by atoms with E-state index in [0.29, 0.717) is 18.5 Å². The molecule has 0 fully saturated rings. The van der Waals surface area contributed by atoms with E-state index < -0.39 is 0 Å². The molecule has 0 radical (unpaired) electrons. The smallest absolute Gasteiger partial charge is 0.287 e. The van der Waals surface area contributed by atoms with Gasteiger partial charge in [0.05, 0.1) is 6.26 Å². The largest absolute Gasteiger partial charge is 0.489 e. The molecular formula is C17H21NO4. The highest BCUT2D eigenvalue weighted by atomic mass is 16.5. The number of amides is 1. The van der Waals surface area contributed by atoms with Gasteiger partial charge in [-0.1, -0.05) is 25.1 Å². The standard InChI is InChI=1S/C17H21NO4/c1-13(7-9-19)11-18-17(20)16-14(8-10-21-16)12-22-15-5-3-2-4-6-15/h2-6,8,10,13,19H,7,9,11-12H2,1H3,(H,18,20). The third-order valence-corrected chi connectivity index (χ3v) is 3.32. The SMILES string of the molecule is CC(CCO)CNC(=O)c1occc1COc1ccccc1. The van der Waals surface area contributed by atoms with Crippen LogP contribution >= 0.6 is 0 Å². The summed E-state index contributed by atoms with van der Waals surface area (Å²) in [6.45, 7) is 2.86. The molecule has 0 spiro atoms. The van der Waals surface area contributed by atoms with Crippen LogP contribution in [0.25, 0.3) is 0 Å². The molecule has 0 aliphatic rings. The molecule has 1 aromatic heterocycles. The van der Waals surface area contributed by atoms with Crippen LogP contribution in [0.2, 0.25) is 0 Å². The molecular weight excluding hydrogens is 282 g/mol. The number of nitrogens with one attached hydrogen (secondary N) is 1. The molecule has 22 heavy (non-hydrogen) atoms. The fraction of sp³-hybridized carbons (Fsp3) is 0.353. The number of rotatable bonds is 8. The lowest BCUT2D eigenvalue weighted by Crippen LogP contribution is -2.29. The van der Waals surface area contributed by atoms with Gasteiger partial charge in [-0.3, -0.25) is 4.79 Å². The van der Waals surface area contributed by atoms with Gasteiger partial charge in [0, 0.05) is 18.7 Å². The van der Waals surface area contributed by atoms with E-state index in [-0.39, 0.29) is 30.8 Å². The van der Waals surface area contributed by atoms with Crippen molar-refractivity contribution in [3.05, 3.63) is 54.0 Å². The van der Waals surface area contributed by atoms with Gasteiger partial charge < -0.3 is 19.6 Å². The van der Waals surface area contributed by atoms with Gasteiger partial charge in [0.15, 0.2) is 5.76 Å². The van der Waals surface area contributed by atoms with E-state index >= 15 is 0 Å². The highest BCUT2D eigenvalue weighted by Crippen LogP contribution is 2.15. The molecule has 2 aromatic rings. The van der Waals surface area contributed by atoms with Crippen molar-refractivity contribution in [2.75, 3.05) is 13.2 Å². The van der Waals surface area contributed by atoms with Crippen LogP contribution < -0.4 is 10.1 Å². The summed E-state index contributed by atoms with van der Waals surface area (Å²) < 4.78 is 10.9. The lowest BCUT2D eigenvalue weighted by Gasteiger charge is -2.11. The van der Waals surface area contributed by atoms with Crippen molar-refractivity contribution >= 4 is 5.91 Å². The van der Waals surface area contributed by atoms with Gasteiger partial charge in [0.1, 0.15) is 12.4 Å². The predicted octanol–water partition coefficient (Wildman–Crippen LogP) is 2.61. The number of hydrogen-bond donors (Lipinski definition) is 2. The number of aliphatic hydroxyl groups excluding tert-OH is 1. The summed E-state index contributed by atoms with van der Waals surface area (Å²) in [4.78, 5) is 12.1. The first-order valence-electron chi connectivity index (χ1n) is 7.34. The molecule has 1 unspecified atom stereocenters. The Morgan fingerprint density at radius 1 is 1.32 bits per heavy atom. The highest BCUT2D eigenvalue weighted by molar-refractivity contribution is 5.92. The van der Waals surface area contributed by atoms with E-state index in [2.05, 4.69) is 5.32 Å². The fourth-order valence-electron chi connectivity index (χ4n) is 2.00. The average Bonchev–Trinajstić information content (AvgIpc) is 3.00. The molecule has 0 aliphatic heterocycles. The first-order valence-corrected chi connectivity index (χ1v) is 7.34. The summed E-state index contributed by atoms with van der Waals surface area (Å²) in [6.07, 6.45) is 2.14. The summed E-state index contributed by atoms with van der Waals surface area (Å²) in [5, 5.41) is 11.7. The number of para-hydroxylation sites is 1. The maximum absolute atomic E-state index is 12.1. The molecule has 0 saturated carbocycles. The van der Waals surface area contributed by atoms with Crippen LogP contribution in [0.5, 0.6) is 5.75 Å². The Balaban J connectivity index is 1.90. The Hall–Kier alpha value is -2.27. The Bertz CT molecular complexity index is 579. The Labute approximate surface area is 129 Å². The lowest BCUT2D eigenvalue weighted by molar-refractivity contribution is 0.0914. The van der Waals surface area contributed by atoms with Crippen LogP contribution in [0, 0.1) is 5.92 Å². The van der Waals surface area contributed by atoms with Gasteiger partial charge in [-0.15, -0.1) is 0 Å². The van der Waals surface area contributed by atoms with Gasteiger partial charge in [-0.25, -0.2) is 0 Å². The molecule has 2 N–H and O–H groups in total. The summed E-state index contributed by atoms with van der Waals surface area (Å²) >= 11 is 0. The third-order valence-electron chi connectivity index (χ3n) is 3.32. The van der Waals surface area contributed by atoms with E-state index in [1.54, 1.807) is 6.07 Å². The predicted molar refractivity (Wildman–Crippen MR) is 82.7 cm³/mol. The summed E-state index contributed by atoms with van der Waals surface area (Å²) in [7, 11) is 0. The number of furan rings is 1. The lowest BCUT2D eigenvalue weighted by atomic mass is 10.1. The van der Waals surface area contributed by atoms with E-state index in [1.165, 1.54) is 6.26 Å². The number of benzene rings is 1. The van der Waals surface area contributed by atoms with Gasteiger partial charge in [0.25, 0.3) is 5.91 Å². The van der Waals surface area contributed by atoms with Crippen LogP contribution in [0.3, 0.4) is 0 Å². The number of hydrogen-bond acceptors (Lipinski definition) is 4. The Morgan fingerprint density at radius 3 is 2.82 bits per heavy atom. The number of carbonyl (C=O) groups is 1. The minimum absolute atomic E-state index is 0.119. The van der Waals surface area contributed by atoms with Crippen molar-refractivity contribution in [2.24, 2.45) is 5.92 Å². The van der Waals surface area contributed by atoms with Gasteiger partial charge in [0.2, 0.25) is 0 Å². The summed E-state index contributed by atoms with van der Waals surface area (Å²) in [5.74, 6) is 0.966. The zero-order valence-electron chi connectivity index (χ0n) is 12.6. The van der Waals surface area contributed by atoms with Crippen LogP contribution in [0.1, 0.15) is 29.5 Å². The van der Waals surface area contributed by atoms with E-state index in [1.807, 2.05) is 37.3 Å². The molecule has 0 saturated heterocycles. The zero-order chi connectivity index (χ0) is 15.8. The van der Waals surface area contributed by atoms with Gasteiger partial charge in [-0.2, -0.15) is 0 Å². The minimum Gasteiger partial charge on any atom is -0.489 e. The average molecular weight is 303 g/mol. The second-order valence-electron chi connectivity index (χ2n) is 5.20. The third kappa shape index (κ3) is 4.63. The molecule has 1 aromatic carbocycles. The number of aliphatic hydroxyl groups is 1. The molecule has 2 rings (SSSR count). The Morgan fingerprint density at radius 2 is 2.09 bits per heavy atom. The Kier molecular flexibility index (Phi) is 6.03. The molecule has 0 bridgehead atoms. The summed E-state index contributed by atoms with van der Waals surface area (Å²) in [5.41, 5.74) is 0.705. The molecule has 1 heterocycles. The minimum atomic E-state index is -0.263. The van der Waals surface area contributed by atoms with Gasteiger partial charge in [-0.05, 0) is 30.5 Å². The maximum atomic E-state index is 12.1. The topological polar surface area (TPSA) is 71.7 Å². The fourth-order valence-corrected chi connectivity index (χ4v) is 2.00. The molecule has 118 valence electrons. The van der Waals surface area contributed by atoms with Crippen molar-refractivity contribution in [3.8, 4) is 5.75 Å². The van der Waals surface area contributed by atoms with Crippen LogP contribution in [-0.2, 0) is 6.61 Å². The van der Waals surface area contributed by atoms with Crippen molar-refractivity contribution in [1.82, 2.24) is 5.32 Å². The molecule has 1 amide bonds. The van der Waals surface area contributed by atoms with E-state index in [9.17, 15) is 4.79 Å². The molecule has 0 aliphatic carbocycles. The molecule has 1 atom stereocenters.